The van der Waals surface area contributed by atoms with Crippen LogP contribution in [0.5, 0.6) is 0 Å². The summed E-state index contributed by atoms with van der Waals surface area (Å²) in [4.78, 5) is 44.5. The van der Waals surface area contributed by atoms with Crippen LogP contribution in [0.3, 0.4) is 0 Å². The Labute approximate surface area is 202 Å². The molecule has 0 spiro atoms. The fourth-order valence-electron chi connectivity index (χ4n) is 3.92. The van der Waals surface area contributed by atoms with Crippen LogP contribution in [0.1, 0.15) is 92.9 Å². The van der Waals surface area contributed by atoms with Gasteiger partial charge in [-0.1, -0.05) is 0 Å². The van der Waals surface area contributed by atoms with Crippen molar-refractivity contribution in [3.8, 4) is 0 Å². The smallest absolute Gasteiger partial charge is 0.407 e. The average molecular weight is 487 g/mol. The van der Waals surface area contributed by atoms with Crippen LogP contribution < -0.4 is 10.6 Å². The van der Waals surface area contributed by atoms with Crippen molar-refractivity contribution in [3.05, 3.63) is 0 Å². The number of rotatable bonds is 4. The molecule has 4 N–H and O–H groups in total. The summed E-state index contributed by atoms with van der Waals surface area (Å²) < 4.78 is 10.3. The Bertz CT molecular complexity index is 635. The first-order valence-electron chi connectivity index (χ1n) is 12.0. The van der Waals surface area contributed by atoms with Crippen molar-refractivity contribution in [1.82, 2.24) is 10.6 Å². The summed E-state index contributed by atoms with van der Waals surface area (Å²) in [5.74, 6) is -1.99. The lowest BCUT2D eigenvalue weighted by Gasteiger charge is -2.28. The SMILES string of the molecule is CC(C)(C)OC(=O)NC1CCC(C(=O)O)CC1.CC(C)(C)OC(=O)NC1CCC(C(=O)O)CC1. The third-order valence-electron chi connectivity index (χ3n) is 5.59. The summed E-state index contributed by atoms with van der Waals surface area (Å²) in [6, 6.07) is 0.0842. The van der Waals surface area contributed by atoms with Gasteiger partial charge in [-0.3, -0.25) is 9.59 Å². The minimum absolute atomic E-state index is 0.0421. The number of carboxylic acids is 2. The number of carbonyl (C=O) groups is 4. The fourth-order valence-corrected chi connectivity index (χ4v) is 3.92. The Morgan fingerprint density at radius 3 is 1.06 bits per heavy atom. The molecule has 2 rings (SSSR count). The van der Waals surface area contributed by atoms with Crippen LogP contribution in [0.4, 0.5) is 9.59 Å². The second-order valence-corrected chi connectivity index (χ2v) is 11.1. The lowest BCUT2D eigenvalue weighted by atomic mass is 9.86. The summed E-state index contributed by atoms with van der Waals surface area (Å²) in [6.45, 7) is 10.9. The molecule has 10 heteroatoms. The number of alkyl carbamates (subject to hydrolysis) is 2. The van der Waals surface area contributed by atoms with Crippen LogP contribution in [0.2, 0.25) is 0 Å². The molecule has 2 fully saturated rings. The molecule has 0 bridgehead atoms. The first-order chi connectivity index (χ1) is 15.6. The number of ether oxygens (including phenoxy) is 2. The molecule has 0 aliphatic heterocycles. The molecule has 0 saturated heterocycles. The number of aliphatic carboxylic acids is 2. The Balaban J connectivity index is 0.000000340. The molecule has 10 nitrogen and oxygen atoms in total. The molecule has 34 heavy (non-hydrogen) atoms. The van der Waals surface area contributed by atoms with Gasteiger partial charge in [-0.05, 0) is 92.9 Å². The van der Waals surface area contributed by atoms with E-state index in [0.717, 1.165) is 0 Å². The molecular weight excluding hydrogens is 444 g/mol. The maximum atomic E-state index is 11.5. The second-order valence-electron chi connectivity index (χ2n) is 11.1. The van der Waals surface area contributed by atoms with Crippen LogP contribution in [-0.4, -0.2) is 57.6 Å². The van der Waals surface area contributed by atoms with Crippen molar-refractivity contribution in [2.45, 2.75) is 116 Å². The van der Waals surface area contributed by atoms with Gasteiger partial charge in [0.05, 0.1) is 11.8 Å². The van der Waals surface area contributed by atoms with Gasteiger partial charge >= 0.3 is 24.1 Å². The predicted molar refractivity (Wildman–Crippen MR) is 126 cm³/mol. The van der Waals surface area contributed by atoms with E-state index in [9.17, 15) is 19.2 Å². The third kappa shape index (κ3) is 12.6. The molecule has 2 aliphatic carbocycles. The average Bonchev–Trinajstić information content (AvgIpc) is 2.66. The molecule has 0 aromatic rings. The molecule has 0 atom stereocenters. The minimum atomic E-state index is -0.735. The normalized spacial score (nSPS) is 25.1. The van der Waals surface area contributed by atoms with Gasteiger partial charge in [-0.25, -0.2) is 9.59 Å². The highest BCUT2D eigenvalue weighted by Crippen LogP contribution is 2.25. The highest BCUT2D eigenvalue weighted by atomic mass is 16.6. The topological polar surface area (TPSA) is 151 Å². The van der Waals surface area contributed by atoms with E-state index in [4.69, 9.17) is 19.7 Å². The van der Waals surface area contributed by atoms with Gasteiger partial charge in [0.25, 0.3) is 0 Å². The van der Waals surface area contributed by atoms with Crippen molar-refractivity contribution in [2.24, 2.45) is 11.8 Å². The fraction of sp³-hybridized carbons (Fsp3) is 0.833. The number of hydrogen-bond acceptors (Lipinski definition) is 6. The Morgan fingerprint density at radius 1 is 0.588 bits per heavy atom. The van der Waals surface area contributed by atoms with Gasteiger partial charge < -0.3 is 30.3 Å². The van der Waals surface area contributed by atoms with Crippen LogP contribution in [0.15, 0.2) is 0 Å². The Hall–Kier alpha value is -2.52. The Morgan fingerprint density at radius 2 is 0.853 bits per heavy atom. The quantitative estimate of drug-likeness (QED) is 0.459. The molecule has 0 radical (unpaired) electrons. The summed E-state index contributed by atoms with van der Waals surface area (Å²) in [6.07, 6.45) is 4.46. The summed E-state index contributed by atoms with van der Waals surface area (Å²) in [5, 5.41) is 23.3. The van der Waals surface area contributed by atoms with Crippen LogP contribution in [-0.2, 0) is 19.1 Å². The van der Waals surface area contributed by atoms with Crippen LogP contribution in [0.25, 0.3) is 0 Å². The lowest BCUT2D eigenvalue weighted by Crippen LogP contribution is -2.41. The van der Waals surface area contributed by atoms with E-state index in [2.05, 4.69) is 10.6 Å². The standard InChI is InChI=1S/2C12H21NO4/c2*1-12(2,3)17-11(16)13-9-6-4-8(5-7-9)10(14)15/h2*8-9H,4-7H2,1-3H3,(H,13,16)(H,14,15). The summed E-state index contributed by atoms with van der Waals surface area (Å²) in [7, 11) is 0. The molecule has 196 valence electrons. The van der Waals surface area contributed by atoms with E-state index in [1.807, 2.05) is 41.5 Å². The maximum Gasteiger partial charge on any atom is 0.407 e. The first-order valence-corrected chi connectivity index (χ1v) is 12.0. The zero-order chi connectivity index (χ0) is 26.1. The summed E-state index contributed by atoms with van der Waals surface area (Å²) >= 11 is 0. The van der Waals surface area contributed by atoms with E-state index in [1.165, 1.54) is 0 Å². The first kappa shape index (κ1) is 29.5. The van der Waals surface area contributed by atoms with Crippen molar-refractivity contribution in [2.75, 3.05) is 0 Å². The minimum Gasteiger partial charge on any atom is -0.481 e. The van der Waals surface area contributed by atoms with Gasteiger partial charge in [0.15, 0.2) is 0 Å². The molecule has 2 aliphatic rings. The second kappa shape index (κ2) is 12.8. The van der Waals surface area contributed by atoms with E-state index < -0.39 is 35.3 Å². The predicted octanol–water partition coefficient (Wildman–Crippen LogP) is 4.31. The molecule has 0 aromatic heterocycles. The maximum absolute atomic E-state index is 11.5. The van der Waals surface area contributed by atoms with Gasteiger partial charge in [-0.15, -0.1) is 0 Å². The molecule has 0 unspecified atom stereocenters. The number of hydrogen-bond donors (Lipinski definition) is 4. The van der Waals surface area contributed by atoms with Crippen LogP contribution in [0, 0.1) is 11.8 Å². The number of carbonyl (C=O) groups excluding carboxylic acids is 2. The van der Waals surface area contributed by atoms with E-state index in [-0.39, 0.29) is 23.9 Å². The third-order valence-corrected chi connectivity index (χ3v) is 5.59. The van der Waals surface area contributed by atoms with Gasteiger partial charge in [0.1, 0.15) is 11.2 Å². The van der Waals surface area contributed by atoms with Gasteiger partial charge in [0, 0.05) is 12.1 Å². The zero-order valence-corrected chi connectivity index (χ0v) is 21.3. The van der Waals surface area contributed by atoms with Crippen LogP contribution >= 0.6 is 0 Å². The molecule has 0 aromatic carbocycles. The molecule has 2 amide bonds. The highest BCUT2D eigenvalue weighted by Gasteiger charge is 2.29. The molecular formula is C24H42N2O8. The van der Waals surface area contributed by atoms with Crippen molar-refractivity contribution in [1.29, 1.82) is 0 Å². The van der Waals surface area contributed by atoms with E-state index >= 15 is 0 Å². The lowest BCUT2D eigenvalue weighted by molar-refractivity contribution is -0.143. The van der Waals surface area contributed by atoms with Crippen molar-refractivity contribution < 1.29 is 38.9 Å². The van der Waals surface area contributed by atoms with Gasteiger partial charge in [0.2, 0.25) is 0 Å². The number of carboxylic acid groups (broad SMARTS) is 2. The summed E-state index contributed by atoms with van der Waals surface area (Å²) in [5.41, 5.74) is -0.995. The zero-order valence-electron chi connectivity index (χ0n) is 21.3. The van der Waals surface area contributed by atoms with E-state index in [0.29, 0.717) is 51.4 Å². The largest absolute Gasteiger partial charge is 0.481 e. The monoisotopic (exact) mass is 486 g/mol. The van der Waals surface area contributed by atoms with Crippen molar-refractivity contribution >= 4 is 24.1 Å². The van der Waals surface area contributed by atoms with E-state index in [1.54, 1.807) is 0 Å². The Kier molecular flexibility index (Phi) is 11.1. The number of amides is 2. The molecule has 0 heterocycles. The molecule has 2 saturated carbocycles. The highest BCUT2D eigenvalue weighted by molar-refractivity contribution is 5.71. The van der Waals surface area contributed by atoms with Crippen molar-refractivity contribution in [3.63, 3.8) is 0 Å². The van der Waals surface area contributed by atoms with Gasteiger partial charge in [-0.2, -0.15) is 0 Å². The number of nitrogens with one attached hydrogen (secondary N) is 2.